The maximum absolute atomic E-state index is 10.0. The zero-order chi connectivity index (χ0) is 13.0. The highest BCUT2D eigenvalue weighted by atomic mass is 16.3. The molecule has 1 aromatic carbocycles. The molecule has 0 saturated heterocycles. The number of nitriles is 1. The summed E-state index contributed by atoms with van der Waals surface area (Å²) in [4.78, 5) is 0. The fourth-order valence-corrected chi connectivity index (χ4v) is 1.99. The van der Waals surface area contributed by atoms with Gasteiger partial charge in [0.1, 0.15) is 6.10 Å². The quantitative estimate of drug-likeness (QED) is 0.725. The topological polar surface area (TPSA) is 84.5 Å². The Morgan fingerprint density at radius 3 is 2.18 bits per heavy atom. The summed E-state index contributed by atoms with van der Waals surface area (Å²) in [5, 5.41) is 37.2. The van der Waals surface area contributed by atoms with Crippen LogP contribution in [0.1, 0.15) is 34.8 Å². The van der Waals surface area contributed by atoms with Gasteiger partial charge in [0.2, 0.25) is 0 Å². The lowest BCUT2D eigenvalue weighted by Crippen LogP contribution is -2.21. The smallest absolute Gasteiger partial charge is 0.105 e. The second kappa shape index (κ2) is 5.78. The molecule has 2 unspecified atom stereocenters. The van der Waals surface area contributed by atoms with Crippen LogP contribution in [0.4, 0.5) is 0 Å². The molecule has 1 aromatic rings. The van der Waals surface area contributed by atoms with Gasteiger partial charge in [-0.2, -0.15) is 5.26 Å². The van der Waals surface area contributed by atoms with Gasteiger partial charge in [0, 0.05) is 6.61 Å². The lowest BCUT2D eigenvalue weighted by Gasteiger charge is -2.21. The van der Waals surface area contributed by atoms with Gasteiger partial charge in [0.25, 0.3) is 0 Å². The summed E-state index contributed by atoms with van der Waals surface area (Å²) in [5.41, 5.74) is 2.70. The molecule has 2 atom stereocenters. The normalized spacial score (nSPS) is 14.1. The zero-order valence-corrected chi connectivity index (χ0v) is 10.0. The van der Waals surface area contributed by atoms with E-state index >= 15 is 0 Å². The van der Waals surface area contributed by atoms with Crippen LogP contribution < -0.4 is 0 Å². The van der Waals surface area contributed by atoms with E-state index in [1.165, 1.54) is 0 Å². The first-order valence-electron chi connectivity index (χ1n) is 5.49. The van der Waals surface area contributed by atoms with Crippen LogP contribution >= 0.6 is 0 Å². The van der Waals surface area contributed by atoms with Crippen LogP contribution in [0.2, 0.25) is 0 Å². The molecule has 1 rings (SSSR count). The van der Waals surface area contributed by atoms with Crippen LogP contribution in [0.15, 0.2) is 12.1 Å². The molecule has 0 heterocycles. The van der Waals surface area contributed by atoms with Crippen molar-refractivity contribution < 1.29 is 15.3 Å². The summed E-state index contributed by atoms with van der Waals surface area (Å²) in [7, 11) is 0. The first-order chi connectivity index (χ1) is 8.01. The monoisotopic (exact) mass is 235 g/mol. The van der Waals surface area contributed by atoms with Crippen LogP contribution in [-0.2, 0) is 0 Å². The molecule has 0 aliphatic rings. The number of aliphatic hydroxyl groups is 3. The van der Waals surface area contributed by atoms with Crippen molar-refractivity contribution in [3.05, 3.63) is 34.4 Å². The lowest BCUT2D eigenvalue weighted by atomic mass is 9.92. The van der Waals surface area contributed by atoms with Crippen molar-refractivity contribution in [1.29, 1.82) is 5.26 Å². The highest BCUT2D eigenvalue weighted by Gasteiger charge is 2.21. The molecular weight excluding hydrogens is 218 g/mol. The maximum Gasteiger partial charge on any atom is 0.105 e. The highest BCUT2D eigenvalue weighted by Crippen LogP contribution is 2.26. The Balaban J connectivity index is 3.10. The molecular formula is C13H17NO3. The minimum atomic E-state index is -1.03. The van der Waals surface area contributed by atoms with Gasteiger partial charge in [-0.3, -0.25) is 0 Å². The van der Waals surface area contributed by atoms with Crippen molar-refractivity contribution in [2.75, 3.05) is 6.61 Å². The molecule has 4 nitrogen and oxygen atoms in total. The average Bonchev–Trinajstić information content (AvgIpc) is 2.28. The molecule has 0 aromatic heterocycles. The van der Waals surface area contributed by atoms with Gasteiger partial charge in [-0.15, -0.1) is 0 Å². The molecule has 3 N–H and O–H groups in total. The maximum atomic E-state index is 10.0. The van der Waals surface area contributed by atoms with Crippen molar-refractivity contribution in [3.8, 4) is 6.07 Å². The summed E-state index contributed by atoms with van der Waals surface area (Å²) in [6, 6.07) is 5.40. The summed E-state index contributed by atoms with van der Waals surface area (Å²) in [5.74, 6) is 0. The van der Waals surface area contributed by atoms with Gasteiger partial charge in [-0.1, -0.05) is 0 Å². The van der Waals surface area contributed by atoms with Gasteiger partial charge in [-0.25, -0.2) is 0 Å². The van der Waals surface area contributed by atoms with E-state index in [2.05, 4.69) is 0 Å². The summed E-state index contributed by atoms with van der Waals surface area (Å²) < 4.78 is 0. The largest absolute Gasteiger partial charge is 0.396 e. The second-order valence-corrected chi connectivity index (χ2v) is 4.16. The Morgan fingerprint density at radius 1 is 1.24 bits per heavy atom. The third-order valence-electron chi connectivity index (χ3n) is 2.81. The van der Waals surface area contributed by atoms with Gasteiger partial charge >= 0.3 is 0 Å². The Bertz CT molecular complexity index is 414. The van der Waals surface area contributed by atoms with Gasteiger partial charge < -0.3 is 15.3 Å². The summed E-state index contributed by atoms with van der Waals surface area (Å²) in [6.07, 6.45) is -1.90. The Labute approximate surface area is 101 Å². The van der Waals surface area contributed by atoms with Crippen LogP contribution in [-0.4, -0.2) is 28.0 Å². The van der Waals surface area contributed by atoms with Gasteiger partial charge in [0.15, 0.2) is 0 Å². The van der Waals surface area contributed by atoms with Crippen molar-refractivity contribution >= 4 is 0 Å². The second-order valence-electron chi connectivity index (χ2n) is 4.16. The standard InChI is InChI=1S/C13H17NO3/c1-8-5-10(7-14)6-9(2)12(8)13(17)11(16)3-4-15/h5-6,11,13,15-17H,3-4H2,1-2H3. The van der Waals surface area contributed by atoms with Crippen molar-refractivity contribution in [1.82, 2.24) is 0 Å². The van der Waals surface area contributed by atoms with Crippen LogP contribution in [0.5, 0.6) is 0 Å². The number of hydrogen-bond acceptors (Lipinski definition) is 4. The minimum Gasteiger partial charge on any atom is -0.396 e. The van der Waals surface area contributed by atoms with E-state index < -0.39 is 12.2 Å². The average molecular weight is 235 g/mol. The molecule has 17 heavy (non-hydrogen) atoms. The molecule has 0 bridgehead atoms. The van der Waals surface area contributed by atoms with Crippen LogP contribution in [0, 0.1) is 25.2 Å². The van der Waals surface area contributed by atoms with Crippen LogP contribution in [0.3, 0.4) is 0 Å². The first kappa shape index (κ1) is 13.7. The van der Waals surface area contributed by atoms with E-state index in [-0.39, 0.29) is 13.0 Å². The molecule has 0 spiro atoms. The predicted molar refractivity (Wildman–Crippen MR) is 63.3 cm³/mol. The Kier molecular flexibility index (Phi) is 4.64. The van der Waals surface area contributed by atoms with E-state index in [0.29, 0.717) is 11.1 Å². The number of aryl methyl sites for hydroxylation is 2. The fourth-order valence-electron chi connectivity index (χ4n) is 1.99. The Hall–Kier alpha value is -1.41. The zero-order valence-electron chi connectivity index (χ0n) is 10.0. The van der Waals surface area contributed by atoms with E-state index in [4.69, 9.17) is 10.4 Å². The van der Waals surface area contributed by atoms with Gasteiger partial charge in [0.05, 0.1) is 17.7 Å². The van der Waals surface area contributed by atoms with Crippen molar-refractivity contribution in [2.45, 2.75) is 32.5 Å². The van der Waals surface area contributed by atoms with E-state index in [0.717, 1.165) is 11.1 Å². The molecule has 0 amide bonds. The number of hydrogen-bond donors (Lipinski definition) is 3. The predicted octanol–water partition coefficient (Wildman–Crippen LogP) is 0.952. The molecule has 0 aliphatic carbocycles. The van der Waals surface area contributed by atoms with E-state index in [1.807, 2.05) is 6.07 Å². The number of rotatable bonds is 4. The van der Waals surface area contributed by atoms with Crippen molar-refractivity contribution in [3.63, 3.8) is 0 Å². The Morgan fingerprint density at radius 2 is 1.76 bits per heavy atom. The summed E-state index contributed by atoms with van der Waals surface area (Å²) >= 11 is 0. The molecule has 0 saturated carbocycles. The number of nitrogens with zero attached hydrogens (tertiary/aromatic N) is 1. The molecule has 92 valence electrons. The number of benzene rings is 1. The first-order valence-corrected chi connectivity index (χ1v) is 5.49. The van der Waals surface area contributed by atoms with E-state index in [1.54, 1.807) is 26.0 Å². The van der Waals surface area contributed by atoms with Crippen LogP contribution in [0.25, 0.3) is 0 Å². The third-order valence-corrected chi connectivity index (χ3v) is 2.81. The van der Waals surface area contributed by atoms with Crippen molar-refractivity contribution in [2.24, 2.45) is 0 Å². The lowest BCUT2D eigenvalue weighted by molar-refractivity contribution is 0.00354. The third kappa shape index (κ3) is 3.04. The molecule has 4 heteroatoms. The molecule has 0 fully saturated rings. The summed E-state index contributed by atoms with van der Waals surface area (Å²) in [6.45, 7) is 3.41. The SMILES string of the molecule is Cc1cc(C#N)cc(C)c1C(O)C(O)CCO. The number of aliphatic hydroxyl groups excluding tert-OH is 3. The van der Waals surface area contributed by atoms with Gasteiger partial charge in [-0.05, 0) is 49.1 Å². The molecule has 0 radical (unpaired) electrons. The minimum absolute atomic E-state index is 0.125. The van der Waals surface area contributed by atoms with E-state index in [9.17, 15) is 10.2 Å². The molecule has 0 aliphatic heterocycles. The highest BCUT2D eigenvalue weighted by molar-refractivity contribution is 5.44. The fraction of sp³-hybridized carbons (Fsp3) is 0.462.